The molecule has 0 radical (unpaired) electrons. The lowest BCUT2D eigenvalue weighted by molar-refractivity contribution is 0.150. The molecule has 0 aromatic heterocycles. The number of halogens is 5. The van der Waals surface area contributed by atoms with Gasteiger partial charge in [0.1, 0.15) is 0 Å². The lowest BCUT2D eigenvalue weighted by Crippen LogP contribution is -2.11. The maximum Gasteiger partial charge on any atom is 0.200 e. The molecule has 6 heteroatoms. The van der Waals surface area contributed by atoms with Gasteiger partial charge in [0.15, 0.2) is 23.3 Å². The van der Waals surface area contributed by atoms with Crippen LogP contribution >= 0.6 is 0 Å². The smallest absolute Gasteiger partial charge is 0.200 e. The van der Waals surface area contributed by atoms with Crippen molar-refractivity contribution in [3.8, 4) is 0 Å². The first-order valence-corrected chi connectivity index (χ1v) is 5.61. The van der Waals surface area contributed by atoms with Crippen LogP contribution in [0.25, 0.3) is 0 Å². The van der Waals surface area contributed by atoms with Gasteiger partial charge in [-0.25, -0.2) is 22.0 Å². The SMILES string of the molecule is CCCCCC(O)c1c(F)c(F)c(F)c(F)c1F. The molecular formula is C12H13F5O. The highest BCUT2D eigenvalue weighted by molar-refractivity contribution is 5.25. The van der Waals surface area contributed by atoms with Crippen LogP contribution in [0.5, 0.6) is 0 Å². The molecule has 0 saturated heterocycles. The van der Waals surface area contributed by atoms with Gasteiger partial charge in [0.05, 0.1) is 11.7 Å². The van der Waals surface area contributed by atoms with E-state index in [-0.39, 0.29) is 6.42 Å². The molecule has 1 unspecified atom stereocenters. The summed E-state index contributed by atoms with van der Waals surface area (Å²) in [5.41, 5.74) is -1.15. The zero-order valence-electron chi connectivity index (χ0n) is 9.74. The molecule has 0 amide bonds. The predicted octanol–water partition coefficient (Wildman–Crippen LogP) is 4.00. The van der Waals surface area contributed by atoms with Gasteiger partial charge in [-0.05, 0) is 6.42 Å². The number of hydrogen-bond donors (Lipinski definition) is 1. The minimum Gasteiger partial charge on any atom is -0.388 e. The molecule has 0 aliphatic carbocycles. The molecule has 1 nitrogen and oxygen atoms in total. The maximum atomic E-state index is 13.3. The van der Waals surface area contributed by atoms with Gasteiger partial charge in [0, 0.05) is 0 Å². The van der Waals surface area contributed by atoms with Crippen molar-refractivity contribution in [3.63, 3.8) is 0 Å². The molecule has 0 saturated carbocycles. The van der Waals surface area contributed by atoms with Crippen LogP contribution in [0.15, 0.2) is 0 Å². The van der Waals surface area contributed by atoms with E-state index in [0.717, 1.165) is 6.42 Å². The normalized spacial score (nSPS) is 12.8. The van der Waals surface area contributed by atoms with Crippen molar-refractivity contribution in [3.05, 3.63) is 34.6 Å². The van der Waals surface area contributed by atoms with Crippen LogP contribution in [-0.4, -0.2) is 5.11 Å². The molecule has 0 aliphatic rings. The third-order valence-electron chi connectivity index (χ3n) is 2.66. The molecule has 1 rings (SSSR count). The van der Waals surface area contributed by atoms with Gasteiger partial charge in [0.2, 0.25) is 5.82 Å². The van der Waals surface area contributed by atoms with Gasteiger partial charge >= 0.3 is 0 Å². The highest BCUT2D eigenvalue weighted by Gasteiger charge is 2.29. The average molecular weight is 268 g/mol. The average Bonchev–Trinajstić information content (AvgIpc) is 2.34. The first kappa shape index (κ1) is 14.9. The van der Waals surface area contributed by atoms with E-state index in [1.54, 1.807) is 0 Å². The molecule has 0 bridgehead atoms. The highest BCUT2D eigenvalue weighted by Crippen LogP contribution is 2.30. The van der Waals surface area contributed by atoms with Gasteiger partial charge in [0.25, 0.3) is 0 Å². The Morgan fingerprint density at radius 2 is 1.28 bits per heavy atom. The second-order valence-electron chi connectivity index (χ2n) is 4.00. The van der Waals surface area contributed by atoms with Gasteiger partial charge in [-0.3, -0.25) is 0 Å². The molecule has 0 fully saturated rings. The molecule has 102 valence electrons. The number of aliphatic hydroxyl groups excluding tert-OH is 1. The van der Waals surface area contributed by atoms with Crippen LogP contribution in [0.2, 0.25) is 0 Å². The quantitative estimate of drug-likeness (QED) is 0.370. The summed E-state index contributed by atoms with van der Waals surface area (Å²) in [7, 11) is 0. The fourth-order valence-corrected chi connectivity index (χ4v) is 1.65. The molecule has 1 atom stereocenters. The lowest BCUT2D eigenvalue weighted by atomic mass is 10.0. The molecule has 0 heterocycles. The summed E-state index contributed by atoms with van der Waals surface area (Å²) in [6.45, 7) is 1.88. The third kappa shape index (κ3) is 2.80. The molecule has 1 aromatic carbocycles. The van der Waals surface area contributed by atoms with Crippen molar-refractivity contribution in [1.82, 2.24) is 0 Å². The maximum absolute atomic E-state index is 13.3. The van der Waals surface area contributed by atoms with Crippen molar-refractivity contribution in [2.24, 2.45) is 0 Å². The van der Waals surface area contributed by atoms with Gasteiger partial charge in [-0.2, -0.15) is 0 Å². The van der Waals surface area contributed by atoms with E-state index >= 15 is 0 Å². The Morgan fingerprint density at radius 3 is 1.72 bits per heavy atom. The number of aliphatic hydroxyl groups is 1. The van der Waals surface area contributed by atoms with E-state index in [2.05, 4.69) is 0 Å². The van der Waals surface area contributed by atoms with E-state index in [9.17, 15) is 27.1 Å². The van der Waals surface area contributed by atoms with Gasteiger partial charge in [-0.1, -0.05) is 26.2 Å². The van der Waals surface area contributed by atoms with Crippen LogP contribution < -0.4 is 0 Å². The second kappa shape index (κ2) is 6.13. The van der Waals surface area contributed by atoms with Crippen LogP contribution in [0.4, 0.5) is 22.0 Å². The van der Waals surface area contributed by atoms with E-state index < -0.39 is 40.8 Å². The highest BCUT2D eigenvalue weighted by atomic mass is 19.2. The molecule has 18 heavy (non-hydrogen) atoms. The summed E-state index contributed by atoms with van der Waals surface area (Å²) >= 11 is 0. The number of unbranched alkanes of at least 4 members (excludes halogenated alkanes) is 2. The Morgan fingerprint density at radius 1 is 0.833 bits per heavy atom. The summed E-state index contributed by atoms with van der Waals surface area (Å²) in [6, 6.07) is 0. The lowest BCUT2D eigenvalue weighted by Gasteiger charge is -2.14. The summed E-state index contributed by atoms with van der Waals surface area (Å²) in [4.78, 5) is 0. The largest absolute Gasteiger partial charge is 0.388 e. The number of benzene rings is 1. The van der Waals surface area contributed by atoms with Crippen LogP contribution in [0, 0.1) is 29.1 Å². The van der Waals surface area contributed by atoms with Crippen LogP contribution in [0.1, 0.15) is 44.3 Å². The minimum atomic E-state index is -2.21. The molecule has 1 aromatic rings. The molecule has 0 aliphatic heterocycles. The first-order valence-electron chi connectivity index (χ1n) is 5.61. The van der Waals surface area contributed by atoms with E-state index in [1.807, 2.05) is 6.92 Å². The standard InChI is InChI=1S/C12H13F5O/c1-2-3-4-5-6(18)7-8(13)10(15)12(17)11(16)9(7)14/h6,18H,2-5H2,1H3. The predicted molar refractivity (Wildman–Crippen MR) is 55.3 cm³/mol. The topological polar surface area (TPSA) is 20.2 Å². The fourth-order valence-electron chi connectivity index (χ4n) is 1.65. The Labute approximate surface area is 101 Å². The summed E-state index contributed by atoms with van der Waals surface area (Å²) in [5, 5.41) is 9.51. The Hall–Kier alpha value is -1.17. The third-order valence-corrected chi connectivity index (χ3v) is 2.66. The summed E-state index contributed by atoms with van der Waals surface area (Å²) in [6.07, 6.45) is 0.209. The molecule has 1 N–H and O–H groups in total. The van der Waals surface area contributed by atoms with E-state index in [4.69, 9.17) is 0 Å². The zero-order chi connectivity index (χ0) is 13.9. The second-order valence-corrected chi connectivity index (χ2v) is 4.00. The van der Waals surface area contributed by atoms with Crippen molar-refractivity contribution < 1.29 is 27.1 Å². The summed E-state index contributed by atoms with van der Waals surface area (Å²) < 4.78 is 65.1. The van der Waals surface area contributed by atoms with E-state index in [0.29, 0.717) is 12.8 Å². The Balaban J connectivity index is 3.08. The van der Waals surface area contributed by atoms with Gasteiger partial charge in [-0.15, -0.1) is 0 Å². The van der Waals surface area contributed by atoms with Crippen molar-refractivity contribution in [2.45, 2.75) is 38.7 Å². The Kier molecular flexibility index (Phi) is 5.07. The van der Waals surface area contributed by atoms with E-state index in [1.165, 1.54) is 0 Å². The van der Waals surface area contributed by atoms with Gasteiger partial charge < -0.3 is 5.11 Å². The van der Waals surface area contributed by atoms with Crippen LogP contribution in [0.3, 0.4) is 0 Å². The molecular weight excluding hydrogens is 255 g/mol. The fraction of sp³-hybridized carbons (Fsp3) is 0.500. The van der Waals surface area contributed by atoms with Crippen molar-refractivity contribution in [1.29, 1.82) is 0 Å². The monoisotopic (exact) mass is 268 g/mol. The minimum absolute atomic E-state index is 0.0494. The molecule has 0 spiro atoms. The van der Waals surface area contributed by atoms with Crippen LogP contribution in [-0.2, 0) is 0 Å². The number of hydrogen-bond acceptors (Lipinski definition) is 1. The van der Waals surface area contributed by atoms with Crippen molar-refractivity contribution in [2.75, 3.05) is 0 Å². The first-order chi connectivity index (χ1) is 8.41. The summed E-state index contributed by atoms with van der Waals surface area (Å²) in [5.74, 6) is -10.2. The van der Waals surface area contributed by atoms with Crippen molar-refractivity contribution >= 4 is 0 Å². The Bertz CT molecular complexity index is 404. The zero-order valence-corrected chi connectivity index (χ0v) is 9.74. The number of rotatable bonds is 5.